The molecule has 0 aromatic heterocycles. The van der Waals surface area contributed by atoms with Gasteiger partial charge in [-0.25, -0.2) is 4.39 Å². The first-order chi connectivity index (χ1) is 10.2. The summed E-state index contributed by atoms with van der Waals surface area (Å²) in [5.74, 6) is 6.00. The van der Waals surface area contributed by atoms with E-state index in [0.29, 0.717) is 17.9 Å². The first-order valence-electron chi connectivity index (χ1n) is 7.33. The van der Waals surface area contributed by atoms with Crippen molar-refractivity contribution in [1.82, 2.24) is 10.3 Å². The summed E-state index contributed by atoms with van der Waals surface area (Å²) in [6.45, 7) is 5.51. The van der Waals surface area contributed by atoms with Crippen molar-refractivity contribution in [2.45, 2.75) is 25.5 Å². The van der Waals surface area contributed by atoms with E-state index in [2.05, 4.69) is 17.2 Å². The standard InChI is InChI=1S/C15H24FN3O2/c1-3-6-19-7-8-21-14(10-19)15(18-17)12-9-11(16)4-5-13(12)20-2/h4-5,9,14-15,18H,3,6-8,10,17H2,1-2H3. The number of morpholine rings is 1. The van der Waals surface area contributed by atoms with Gasteiger partial charge in [-0.1, -0.05) is 6.92 Å². The van der Waals surface area contributed by atoms with Crippen LogP contribution in [0.4, 0.5) is 4.39 Å². The monoisotopic (exact) mass is 297 g/mol. The summed E-state index contributed by atoms with van der Waals surface area (Å²) in [7, 11) is 1.56. The lowest BCUT2D eigenvalue weighted by molar-refractivity contribution is -0.0474. The van der Waals surface area contributed by atoms with Crippen molar-refractivity contribution in [2.24, 2.45) is 5.84 Å². The molecule has 3 N–H and O–H groups in total. The molecule has 0 radical (unpaired) electrons. The van der Waals surface area contributed by atoms with Gasteiger partial charge in [-0.3, -0.25) is 16.2 Å². The Morgan fingerprint density at radius 2 is 2.38 bits per heavy atom. The number of hydrazine groups is 1. The van der Waals surface area contributed by atoms with E-state index in [1.807, 2.05) is 0 Å². The molecule has 0 bridgehead atoms. The maximum Gasteiger partial charge on any atom is 0.123 e. The second-order valence-electron chi connectivity index (χ2n) is 5.24. The van der Waals surface area contributed by atoms with E-state index < -0.39 is 0 Å². The fourth-order valence-corrected chi connectivity index (χ4v) is 2.80. The number of nitrogens with zero attached hydrogens (tertiary/aromatic N) is 1. The van der Waals surface area contributed by atoms with Crippen molar-refractivity contribution < 1.29 is 13.9 Å². The van der Waals surface area contributed by atoms with Crippen LogP contribution >= 0.6 is 0 Å². The minimum Gasteiger partial charge on any atom is -0.496 e. The van der Waals surface area contributed by atoms with Crippen molar-refractivity contribution in [3.8, 4) is 5.75 Å². The summed E-state index contributed by atoms with van der Waals surface area (Å²) >= 11 is 0. The highest BCUT2D eigenvalue weighted by atomic mass is 19.1. The molecule has 1 aromatic rings. The Labute approximate surface area is 125 Å². The molecule has 1 heterocycles. The Kier molecular flexibility index (Phi) is 5.93. The third-order valence-electron chi connectivity index (χ3n) is 3.80. The summed E-state index contributed by atoms with van der Waals surface area (Å²) in [6, 6.07) is 4.13. The van der Waals surface area contributed by atoms with Gasteiger partial charge in [0.25, 0.3) is 0 Å². The van der Waals surface area contributed by atoms with Crippen LogP contribution in [0.5, 0.6) is 5.75 Å². The highest BCUT2D eigenvalue weighted by Gasteiger charge is 2.30. The second-order valence-corrected chi connectivity index (χ2v) is 5.24. The Balaban J connectivity index is 2.20. The van der Waals surface area contributed by atoms with Gasteiger partial charge in [-0.15, -0.1) is 0 Å². The van der Waals surface area contributed by atoms with E-state index in [9.17, 15) is 4.39 Å². The SMILES string of the molecule is CCCN1CCOC(C(NN)c2cc(F)ccc2OC)C1. The fraction of sp³-hybridized carbons (Fsp3) is 0.600. The summed E-state index contributed by atoms with van der Waals surface area (Å²) in [6.07, 6.45) is 0.961. The Hall–Kier alpha value is -1.21. The Morgan fingerprint density at radius 3 is 3.05 bits per heavy atom. The number of nitrogens with two attached hydrogens (primary N) is 1. The van der Waals surface area contributed by atoms with E-state index in [1.165, 1.54) is 12.1 Å². The minimum absolute atomic E-state index is 0.133. The highest BCUT2D eigenvalue weighted by Crippen LogP contribution is 2.30. The number of halogens is 1. The number of hydrogen-bond acceptors (Lipinski definition) is 5. The maximum atomic E-state index is 13.6. The van der Waals surface area contributed by atoms with Gasteiger partial charge in [-0.05, 0) is 31.2 Å². The molecule has 1 aromatic carbocycles. The number of ether oxygens (including phenoxy) is 2. The Morgan fingerprint density at radius 1 is 1.57 bits per heavy atom. The van der Waals surface area contributed by atoms with E-state index in [0.717, 1.165) is 26.1 Å². The number of hydrogen-bond donors (Lipinski definition) is 2. The molecule has 2 rings (SSSR count). The zero-order chi connectivity index (χ0) is 15.2. The number of methoxy groups -OCH3 is 1. The van der Waals surface area contributed by atoms with Crippen LogP contribution in [0.25, 0.3) is 0 Å². The Bertz CT molecular complexity index is 457. The topological polar surface area (TPSA) is 59.8 Å². The summed E-state index contributed by atoms with van der Waals surface area (Å²) < 4.78 is 24.7. The minimum atomic E-state index is -0.313. The van der Waals surface area contributed by atoms with Crippen molar-refractivity contribution >= 4 is 0 Å². The molecular formula is C15H24FN3O2. The molecule has 1 fully saturated rings. The molecular weight excluding hydrogens is 273 g/mol. The van der Waals surface area contributed by atoms with E-state index >= 15 is 0 Å². The maximum absolute atomic E-state index is 13.6. The van der Waals surface area contributed by atoms with E-state index in [1.54, 1.807) is 13.2 Å². The van der Waals surface area contributed by atoms with Crippen molar-refractivity contribution in [3.63, 3.8) is 0 Å². The summed E-state index contributed by atoms with van der Waals surface area (Å²) in [5, 5.41) is 0. The summed E-state index contributed by atoms with van der Waals surface area (Å²) in [4.78, 5) is 2.34. The lowest BCUT2D eigenvalue weighted by atomic mass is 9.99. The van der Waals surface area contributed by atoms with E-state index in [-0.39, 0.29) is 18.0 Å². The van der Waals surface area contributed by atoms with Gasteiger partial charge in [0.2, 0.25) is 0 Å². The predicted octanol–water partition coefficient (Wildman–Crippen LogP) is 1.45. The molecule has 0 spiro atoms. The third kappa shape index (κ3) is 3.91. The quantitative estimate of drug-likeness (QED) is 0.615. The van der Waals surface area contributed by atoms with Crippen LogP contribution in [0.2, 0.25) is 0 Å². The van der Waals surface area contributed by atoms with Gasteiger partial charge >= 0.3 is 0 Å². The molecule has 21 heavy (non-hydrogen) atoms. The largest absolute Gasteiger partial charge is 0.496 e. The van der Waals surface area contributed by atoms with Crippen molar-refractivity contribution in [3.05, 3.63) is 29.6 Å². The molecule has 1 aliphatic rings. The van der Waals surface area contributed by atoms with Gasteiger partial charge in [0.05, 0.1) is 25.9 Å². The molecule has 6 heteroatoms. The highest BCUT2D eigenvalue weighted by molar-refractivity contribution is 5.37. The molecule has 2 atom stereocenters. The van der Waals surface area contributed by atoms with Gasteiger partial charge < -0.3 is 9.47 Å². The fourth-order valence-electron chi connectivity index (χ4n) is 2.80. The predicted molar refractivity (Wildman–Crippen MR) is 79.5 cm³/mol. The molecule has 5 nitrogen and oxygen atoms in total. The normalized spacial score (nSPS) is 21.2. The summed E-state index contributed by atoms with van der Waals surface area (Å²) in [5.41, 5.74) is 3.44. The van der Waals surface area contributed by atoms with Crippen LogP contribution in [0.1, 0.15) is 24.9 Å². The van der Waals surface area contributed by atoms with Crippen molar-refractivity contribution in [2.75, 3.05) is 33.4 Å². The van der Waals surface area contributed by atoms with Crippen molar-refractivity contribution in [1.29, 1.82) is 0 Å². The van der Waals surface area contributed by atoms with Crippen LogP contribution in [0.3, 0.4) is 0 Å². The van der Waals surface area contributed by atoms with Gasteiger partial charge in [-0.2, -0.15) is 0 Å². The van der Waals surface area contributed by atoms with Crippen LogP contribution in [-0.2, 0) is 4.74 Å². The lowest BCUT2D eigenvalue weighted by Crippen LogP contribution is -2.49. The molecule has 1 saturated heterocycles. The first kappa shape index (κ1) is 16.2. The molecule has 0 amide bonds. The number of benzene rings is 1. The van der Waals surface area contributed by atoms with E-state index in [4.69, 9.17) is 15.3 Å². The zero-order valence-corrected chi connectivity index (χ0v) is 12.6. The number of rotatable bonds is 6. The average molecular weight is 297 g/mol. The molecule has 1 aliphatic heterocycles. The third-order valence-corrected chi connectivity index (χ3v) is 3.80. The molecule has 0 saturated carbocycles. The second kappa shape index (κ2) is 7.70. The molecule has 0 aliphatic carbocycles. The van der Waals surface area contributed by atoms with Crippen LogP contribution < -0.4 is 16.0 Å². The van der Waals surface area contributed by atoms with Gasteiger partial charge in [0.15, 0.2) is 0 Å². The smallest absolute Gasteiger partial charge is 0.123 e. The first-order valence-corrected chi connectivity index (χ1v) is 7.33. The van der Waals surface area contributed by atoms with Crippen LogP contribution in [0, 0.1) is 5.82 Å². The molecule has 118 valence electrons. The zero-order valence-electron chi connectivity index (χ0n) is 12.6. The lowest BCUT2D eigenvalue weighted by Gasteiger charge is -2.37. The van der Waals surface area contributed by atoms with Crippen LogP contribution in [-0.4, -0.2) is 44.4 Å². The number of nitrogens with one attached hydrogen (secondary N) is 1. The average Bonchev–Trinajstić information content (AvgIpc) is 2.49. The van der Waals surface area contributed by atoms with Gasteiger partial charge in [0.1, 0.15) is 11.6 Å². The molecule has 2 unspecified atom stereocenters. The van der Waals surface area contributed by atoms with Crippen LogP contribution in [0.15, 0.2) is 18.2 Å². The van der Waals surface area contributed by atoms with Gasteiger partial charge in [0, 0.05) is 18.7 Å².